The van der Waals surface area contributed by atoms with Gasteiger partial charge >= 0.3 is 6.01 Å². The zero-order valence-electron chi connectivity index (χ0n) is 15.9. The lowest BCUT2D eigenvalue weighted by atomic mass is 10.2. The van der Waals surface area contributed by atoms with Crippen molar-refractivity contribution in [1.29, 1.82) is 0 Å². The van der Waals surface area contributed by atoms with E-state index in [1.165, 1.54) is 0 Å². The van der Waals surface area contributed by atoms with Gasteiger partial charge in [-0.1, -0.05) is 23.2 Å². The number of aromatic nitrogens is 3. The molecule has 0 N–H and O–H groups in total. The zero-order valence-corrected chi connectivity index (χ0v) is 17.4. The Labute approximate surface area is 180 Å². The molecule has 0 spiro atoms. The first-order valence-electron chi connectivity index (χ1n) is 9.61. The minimum Gasteiger partial charge on any atom is -0.462 e. The van der Waals surface area contributed by atoms with Gasteiger partial charge in [-0.15, -0.1) is 5.10 Å². The average Bonchev–Trinajstić information content (AvgIpc) is 3.17. The summed E-state index contributed by atoms with van der Waals surface area (Å²) >= 11 is 12.1. The molecule has 152 valence electrons. The van der Waals surface area contributed by atoms with Crippen LogP contribution in [0, 0.1) is 0 Å². The lowest BCUT2D eigenvalue weighted by molar-refractivity contribution is 0.0356. The van der Waals surface area contributed by atoms with Gasteiger partial charge in [-0.3, -0.25) is 4.90 Å². The van der Waals surface area contributed by atoms with Crippen LogP contribution in [0.4, 0.5) is 0 Å². The van der Waals surface area contributed by atoms with Gasteiger partial charge in [0, 0.05) is 35.2 Å². The van der Waals surface area contributed by atoms with E-state index in [-0.39, 0.29) is 0 Å². The van der Waals surface area contributed by atoms with E-state index in [4.69, 9.17) is 32.7 Å². The van der Waals surface area contributed by atoms with Gasteiger partial charge in [0.25, 0.3) is 0 Å². The lowest BCUT2D eigenvalue weighted by Crippen LogP contribution is -2.37. The second-order valence-corrected chi connectivity index (χ2v) is 7.64. The lowest BCUT2D eigenvalue weighted by Gasteiger charge is -2.26. The first-order valence-corrected chi connectivity index (χ1v) is 10.4. The summed E-state index contributed by atoms with van der Waals surface area (Å²) in [5.41, 5.74) is 1.76. The second kappa shape index (κ2) is 9.59. The fourth-order valence-corrected chi connectivity index (χ4v) is 3.43. The molecule has 2 aromatic carbocycles. The topological polar surface area (TPSA) is 52.4 Å². The van der Waals surface area contributed by atoms with E-state index in [0.717, 1.165) is 50.5 Å². The Hall–Kier alpha value is -2.12. The van der Waals surface area contributed by atoms with Crippen molar-refractivity contribution in [2.45, 2.75) is 6.42 Å². The summed E-state index contributed by atoms with van der Waals surface area (Å²) in [4.78, 5) is 6.99. The highest BCUT2D eigenvalue weighted by Crippen LogP contribution is 2.25. The number of hydrogen-bond acceptors (Lipinski definition) is 5. The van der Waals surface area contributed by atoms with E-state index in [0.29, 0.717) is 28.5 Å². The third kappa shape index (κ3) is 5.28. The molecule has 1 aliphatic heterocycles. The molecule has 0 amide bonds. The number of halogens is 2. The minimum absolute atomic E-state index is 0.354. The van der Waals surface area contributed by atoms with Crippen molar-refractivity contribution in [2.75, 3.05) is 39.5 Å². The Morgan fingerprint density at radius 1 is 0.931 bits per heavy atom. The van der Waals surface area contributed by atoms with Gasteiger partial charge in [-0.25, -0.2) is 4.68 Å². The van der Waals surface area contributed by atoms with Crippen LogP contribution in [0.1, 0.15) is 6.42 Å². The molecule has 0 saturated carbocycles. The van der Waals surface area contributed by atoms with Gasteiger partial charge < -0.3 is 9.47 Å². The summed E-state index contributed by atoms with van der Waals surface area (Å²) in [6.45, 7) is 5.10. The van der Waals surface area contributed by atoms with Crippen molar-refractivity contribution in [1.82, 2.24) is 19.7 Å². The molecule has 0 unspecified atom stereocenters. The molecule has 2 heterocycles. The van der Waals surface area contributed by atoms with Crippen molar-refractivity contribution >= 4 is 23.2 Å². The summed E-state index contributed by atoms with van der Waals surface area (Å²) in [6.07, 6.45) is 0.908. The van der Waals surface area contributed by atoms with Crippen LogP contribution in [-0.2, 0) is 4.74 Å². The Morgan fingerprint density at radius 3 is 2.28 bits per heavy atom. The molecule has 29 heavy (non-hydrogen) atoms. The highest BCUT2D eigenvalue weighted by Gasteiger charge is 2.15. The number of nitrogens with zero attached hydrogens (tertiary/aromatic N) is 4. The van der Waals surface area contributed by atoms with E-state index in [1.807, 2.05) is 48.5 Å². The van der Waals surface area contributed by atoms with Gasteiger partial charge in [0.15, 0.2) is 5.82 Å². The van der Waals surface area contributed by atoms with Crippen molar-refractivity contribution in [3.8, 4) is 23.1 Å². The molecule has 1 aliphatic rings. The van der Waals surface area contributed by atoms with Crippen LogP contribution in [0.2, 0.25) is 10.0 Å². The largest absolute Gasteiger partial charge is 0.462 e. The van der Waals surface area contributed by atoms with Gasteiger partial charge in [0.1, 0.15) is 0 Å². The van der Waals surface area contributed by atoms with Crippen LogP contribution in [0.15, 0.2) is 48.5 Å². The van der Waals surface area contributed by atoms with Crippen molar-refractivity contribution in [2.24, 2.45) is 0 Å². The van der Waals surface area contributed by atoms with Gasteiger partial charge in [-0.05, 0) is 55.0 Å². The number of ether oxygens (including phenoxy) is 2. The number of rotatable bonds is 7. The Morgan fingerprint density at radius 2 is 1.59 bits per heavy atom. The summed E-state index contributed by atoms with van der Waals surface area (Å²) in [5, 5.41) is 5.91. The fourth-order valence-electron chi connectivity index (χ4n) is 3.18. The molecule has 1 fully saturated rings. The van der Waals surface area contributed by atoms with Gasteiger partial charge in [-0.2, -0.15) is 4.98 Å². The van der Waals surface area contributed by atoms with Gasteiger partial charge in [0.05, 0.1) is 25.5 Å². The van der Waals surface area contributed by atoms with E-state index >= 15 is 0 Å². The van der Waals surface area contributed by atoms with Crippen molar-refractivity contribution < 1.29 is 9.47 Å². The van der Waals surface area contributed by atoms with Crippen LogP contribution in [0.3, 0.4) is 0 Å². The monoisotopic (exact) mass is 432 g/mol. The molecule has 6 nitrogen and oxygen atoms in total. The first-order chi connectivity index (χ1) is 14.2. The molecule has 0 atom stereocenters. The Bertz CT molecular complexity index is 860. The van der Waals surface area contributed by atoms with Crippen LogP contribution < -0.4 is 4.74 Å². The van der Waals surface area contributed by atoms with Crippen LogP contribution in [-0.4, -0.2) is 59.1 Å². The summed E-state index contributed by atoms with van der Waals surface area (Å²) < 4.78 is 13.0. The van der Waals surface area contributed by atoms with E-state index in [9.17, 15) is 0 Å². The molecule has 0 aliphatic carbocycles. The van der Waals surface area contributed by atoms with Crippen LogP contribution in [0.5, 0.6) is 6.01 Å². The molecule has 0 bridgehead atoms. The van der Waals surface area contributed by atoms with E-state index in [1.54, 1.807) is 4.68 Å². The predicted molar refractivity (Wildman–Crippen MR) is 114 cm³/mol. The SMILES string of the molecule is Clc1ccc(-c2nc(OCCCN3CCOCC3)nn2-c2ccc(Cl)cc2)cc1. The number of morpholine rings is 1. The van der Waals surface area contributed by atoms with E-state index in [2.05, 4.69) is 15.0 Å². The van der Waals surface area contributed by atoms with Crippen molar-refractivity contribution in [3.63, 3.8) is 0 Å². The maximum absolute atomic E-state index is 6.03. The van der Waals surface area contributed by atoms with Gasteiger partial charge in [0.2, 0.25) is 0 Å². The summed E-state index contributed by atoms with van der Waals surface area (Å²) in [6, 6.07) is 15.3. The third-order valence-corrected chi connectivity index (χ3v) is 5.22. The fraction of sp³-hybridized carbons (Fsp3) is 0.333. The predicted octanol–water partition coefficient (Wildman–Crippen LogP) is 4.34. The minimum atomic E-state index is 0.354. The smallest absolute Gasteiger partial charge is 0.336 e. The summed E-state index contributed by atoms with van der Waals surface area (Å²) in [7, 11) is 0. The average molecular weight is 433 g/mol. The summed E-state index contributed by atoms with van der Waals surface area (Å²) in [5.74, 6) is 0.687. The normalized spacial score (nSPS) is 14.8. The standard InChI is InChI=1S/C21H22Cl2N4O2/c22-17-4-2-16(3-5-17)20-24-21(25-27(20)19-8-6-18(23)7-9-19)29-13-1-10-26-11-14-28-15-12-26/h2-9H,1,10-15H2. The maximum Gasteiger partial charge on any atom is 0.336 e. The number of benzene rings is 2. The first kappa shape index (κ1) is 20.2. The van der Waals surface area contributed by atoms with Crippen molar-refractivity contribution in [3.05, 3.63) is 58.6 Å². The van der Waals surface area contributed by atoms with Crippen LogP contribution in [0.25, 0.3) is 17.1 Å². The highest BCUT2D eigenvalue weighted by molar-refractivity contribution is 6.30. The van der Waals surface area contributed by atoms with E-state index < -0.39 is 0 Å². The molecular weight excluding hydrogens is 411 g/mol. The molecule has 3 aromatic rings. The van der Waals surface area contributed by atoms with Crippen LogP contribution >= 0.6 is 23.2 Å². The number of hydrogen-bond donors (Lipinski definition) is 0. The molecule has 8 heteroatoms. The highest BCUT2D eigenvalue weighted by atomic mass is 35.5. The molecular formula is C21H22Cl2N4O2. The Kier molecular flexibility index (Phi) is 6.67. The molecule has 0 radical (unpaired) electrons. The Balaban J connectivity index is 1.49. The third-order valence-electron chi connectivity index (χ3n) is 4.71. The zero-order chi connectivity index (χ0) is 20.1. The molecule has 4 rings (SSSR count). The molecule has 1 aromatic heterocycles. The maximum atomic E-state index is 6.03. The quantitative estimate of drug-likeness (QED) is 0.519. The second-order valence-electron chi connectivity index (χ2n) is 6.77. The molecule has 1 saturated heterocycles.